The third-order valence-corrected chi connectivity index (χ3v) is 5.95. The standard InChI is InChI=1S/C23H24N6O2S/c1-3-4-10-19-24-22(32-2)20(23(30)31)29(19)14-15-11-12-17(16-8-6-5-7-9-16)18(13-15)21-25-27-28-26-21/h5-9,11-13H,3-4,10,14H2,1-2H3,(H,30,31)(H,25,26,27,28). The molecule has 2 heterocycles. The zero-order valence-corrected chi connectivity index (χ0v) is 18.8. The lowest BCUT2D eigenvalue weighted by atomic mass is 9.97. The number of nitrogens with zero attached hydrogens (tertiary/aromatic N) is 5. The SMILES string of the molecule is CCCCc1nc(SC)c(C(=O)O)n1Cc1ccc(-c2ccccc2)c(-c2nnn[nH]2)c1. The quantitative estimate of drug-likeness (QED) is 0.362. The number of carboxylic acids is 1. The smallest absolute Gasteiger partial charge is 0.355 e. The number of rotatable bonds is 9. The van der Waals surface area contributed by atoms with Gasteiger partial charge < -0.3 is 9.67 Å². The molecule has 0 radical (unpaired) electrons. The second kappa shape index (κ2) is 9.78. The van der Waals surface area contributed by atoms with Crippen LogP contribution in [0.15, 0.2) is 53.6 Å². The molecule has 4 aromatic rings. The molecular formula is C23H24N6O2S. The molecule has 0 aliphatic heterocycles. The molecule has 8 nitrogen and oxygen atoms in total. The summed E-state index contributed by atoms with van der Waals surface area (Å²) in [7, 11) is 0. The van der Waals surface area contributed by atoms with E-state index < -0.39 is 5.97 Å². The van der Waals surface area contributed by atoms with Crippen molar-refractivity contribution in [1.29, 1.82) is 0 Å². The maximum atomic E-state index is 12.1. The fourth-order valence-electron chi connectivity index (χ4n) is 3.73. The van der Waals surface area contributed by atoms with Crippen LogP contribution in [0.4, 0.5) is 0 Å². The number of aromatic nitrogens is 6. The van der Waals surface area contributed by atoms with E-state index in [1.807, 2.05) is 59.4 Å². The summed E-state index contributed by atoms with van der Waals surface area (Å²) in [5.74, 6) is 0.389. The zero-order valence-electron chi connectivity index (χ0n) is 17.9. The van der Waals surface area contributed by atoms with Gasteiger partial charge in [0.2, 0.25) is 0 Å². The summed E-state index contributed by atoms with van der Waals surface area (Å²) < 4.78 is 1.82. The fraction of sp³-hybridized carbons (Fsp3) is 0.261. The highest BCUT2D eigenvalue weighted by molar-refractivity contribution is 7.98. The van der Waals surface area contributed by atoms with E-state index in [9.17, 15) is 9.90 Å². The Morgan fingerprint density at radius 1 is 1.16 bits per heavy atom. The van der Waals surface area contributed by atoms with Crippen LogP contribution in [0.3, 0.4) is 0 Å². The molecule has 0 saturated heterocycles. The maximum absolute atomic E-state index is 12.1. The fourth-order valence-corrected chi connectivity index (χ4v) is 4.32. The predicted molar refractivity (Wildman–Crippen MR) is 124 cm³/mol. The number of carbonyl (C=O) groups is 1. The molecule has 0 spiro atoms. The van der Waals surface area contributed by atoms with E-state index >= 15 is 0 Å². The number of aromatic carboxylic acids is 1. The molecule has 2 aromatic carbocycles. The topological polar surface area (TPSA) is 110 Å². The number of thioether (sulfide) groups is 1. The van der Waals surface area contributed by atoms with Gasteiger partial charge in [0.05, 0.1) is 0 Å². The van der Waals surface area contributed by atoms with E-state index in [1.165, 1.54) is 11.8 Å². The molecule has 2 aromatic heterocycles. The van der Waals surface area contributed by atoms with E-state index in [-0.39, 0.29) is 5.69 Å². The van der Waals surface area contributed by atoms with E-state index in [4.69, 9.17) is 0 Å². The van der Waals surface area contributed by atoms with Crippen molar-refractivity contribution in [3.8, 4) is 22.5 Å². The average molecular weight is 449 g/mol. The molecule has 0 aliphatic carbocycles. The minimum Gasteiger partial charge on any atom is -0.476 e. The lowest BCUT2D eigenvalue weighted by Crippen LogP contribution is -2.13. The van der Waals surface area contributed by atoms with E-state index in [0.717, 1.165) is 47.3 Å². The van der Waals surface area contributed by atoms with Crippen LogP contribution in [-0.4, -0.2) is 47.5 Å². The first-order chi connectivity index (χ1) is 15.6. The lowest BCUT2D eigenvalue weighted by Gasteiger charge is -2.13. The predicted octanol–water partition coefficient (Wildman–Crippen LogP) is 4.54. The Morgan fingerprint density at radius 2 is 1.97 bits per heavy atom. The maximum Gasteiger partial charge on any atom is 0.355 e. The van der Waals surface area contributed by atoms with Crippen molar-refractivity contribution in [3.05, 3.63) is 65.6 Å². The molecule has 0 bridgehead atoms. The summed E-state index contributed by atoms with van der Waals surface area (Å²) in [6.45, 7) is 2.51. The number of imidazole rings is 1. The highest BCUT2D eigenvalue weighted by Crippen LogP contribution is 2.32. The summed E-state index contributed by atoms with van der Waals surface area (Å²) in [4.78, 5) is 16.7. The molecule has 0 aliphatic rings. The first kappa shape index (κ1) is 21.8. The van der Waals surface area contributed by atoms with Gasteiger partial charge in [0, 0.05) is 18.5 Å². The van der Waals surface area contributed by atoms with Crippen molar-refractivity contribution < 1.29 is 9.90 Å². The van der Waals surface area contributed by atoms with Crippen molar-refractivity contribution in [2.45, 2.75) is 37.8 Å². The molecule has 4 rings (SSSR count). The van der Waals surface area contributed by atoms with Crippen LogP contribution in [0.2, 0.25) is 0 Å². The Bertz CT molecular complexity index is 1200. The summed E-state index contributed by atoms with van der Waals surface area (Å²) in [6.07, 6.45) is 4.55. The molecule has 0 amide bonds. The van der Waals surface area contributed by atoms with E-state index in [0.29, 0.717) is 17.4 Å². The van der Waals surface area contributed by atoms with Gasteiger partial charge in [0.1, 0.15) is 10.9 Å². The monoisotopic (exact) mass is 448 g/mol. The van der Waals surface area contributed by atoms with Crippen molar-refractivity contribution in [2.24, 2.45) is 0 Å². The van der Waals surface area contributed by atoms with Crippen LogP contribution < -0.4 is 0 Å². The third kappa shape index (κ3) is 4.43. The Morgan fingerprint density at radius 3 is 2.62 bits per heavy atom. The Kier molecular flexibility index (Phi) is 6.65. The molecule has 0 fully saturated rings. The molecule has 2 N–H and O–H groups in total. The van der Waals surface area contributed by atoms with Crippen molar-refractivity contribution in [2.75, 3.05) is 6.26 Å². The van der Waals surface area contributed by atoms with Gasteiger partial charge in [0.25, 0.3) is 0 Å². The van der Waals surface area contributed by atoms with Gasteiger partial charge in [-0.1, -0.05) is 55.8 Å². The zero-order chi connectivity index (χ0) is 22.5. The number of benzene rings is 2. The number of unbranched alkanes of at least 4 members (excludes halogenated alkanes) is 1. The number of aryl methyl sites for hydroxylation is 1. The van der Waals surface area contributed by atoms with Crippen molar-refractivity contribution >= 4 is 17.7 Å². The molecule has 9 heteroatoms. The van der Waals surface area contributed by atoms with E-state index in [2.05, 4.69) is 32.5 Å². The number of nitrogens with one attached hydrogen (secondary N) is 1. The van der Waals surface area contributed by atoms with Crippen LogP contribution in [0.5, 0.6) is 0 Å². The van der Waals surface area contributed by atoms with Crippen LogP contribution >= 0.6 is 11.8 Å². The average Bonchev–Trinajstić information content (AvgIpc) is 3.46. The largest absolute Gasteiger partial charge is 0.476 e. The Hall–Kier alpha value is -3.46. The Balaban J connectivity index is 1.80. The first-order valence-electron chi connectivity index (χ1n) is 10.4. The number of aromatic amines is 1. The van der Waals surface area contributed by atoms with Gasteiger partial charge in [-0.3, -0.25) is 0 Å². The molecular weight excluding hydrogens is 424 g/mol. The highest BCUT2D eigenvalue weighted by Gasteiger charge is 2.22. The second-order valence-corrected chi connectivity index (χ2v) is 8.17. The van der Waals surface area contributed by atoms with E-state index in [1.54, 1.807) is 0 Å². The van der Waals surface area contributed by atoms with Crippen LogP contribution in [-0.2, 0) is 13.0 Å². The van der Waals surface area contributed by atoms with Gasteiger partial charge in [0.15, 0.2) is 11.5 Å². The summed E-state index contributed by atoms with van der Waals surface area (Å²) >= 11 is 1.36. The molecule has 0 unspecified atom stereocenters. The molecule has 32 heavy (non-hydrogen) atoms. The Labute approximate surface area is 190 Å². The van der Waals surface area contributed by atoms with Crippen molar-refractivity contribution in [3.63, 3.8) is 0 Å². The lowest BCUT2D eigenvalue weighted by molar-refractivity contribution is 0.0681. The van der Waals surface area contributed by atoms with Crippen LogP contribution in [0.1, 0.15) is 41.6 Å². The minimum atomic E-state index is -0.967. The normalized spacial score (nSPS) is 11.1. The number of tetrazole rings is 1. The van der Waals surface area contributed by atoms with Gasteiger partial charge in [-0.2, -0.15) is 0 Å². The summed E-state index contributed by atoms with van der Waals surface area (Å²) in [5, 5.41) is 24.8. The van der Waals surface area contributed by atoms with Crippen LogP contribution in [0.25, 0.3) is 22.5 Å². The number of hydrogen-bond acceptors (Lipinski definition) is 6. The van der Waals surface area contributed by atoms with Gasteiger partial charge in [-0.25, -0.2) is 14.9 Å². The summed E-state index contributed by atoms with van der Waals surface area (Å²) in [6, 6.07) is 16.1. The first-order valence-corrected chi connectivity index (χ1v) is 11.6. The second-order valence-electron chi connectivity index (χ2n) is 7.38. The van der Waals surface area contributed by atoms with Gasteiger partial charge in [-0.05, 0) is 45.9 Å². The number of carboxylic acid groups (broad SMARTS) is 1. The molecule has 0 atom stereocenters. The minimum absolute atomic E-state index is 0.235. The number of hydrogen-bond donors (Lipinski definition) is 2. The van der Waals surface area contributed by atoms with Crippen molar-refractivity contribution in [1.82, 2.24) is 30.2 Å². The third-order valence-electron chi connectivity index (χ3n) is 5.27. The van der Waals surface area contributed by atoms with Crippen LogP contribution in [0, 0.1) is 0 Å². The highest BCUT2D eigenvalue weighted by atomic mass is 32.2. The molecule has 0 saturated carbocycles. The molecule has 164 valence electrons. The van der Waals surface area contributed by atoms with Gasteiger partial charge >= 0.3 is 5.97 Å². The number of H-pyrrole nitrogens is 1. The van der Waals surface area contributed by atoms with Gasteiger partial charge in [-0.15, -0.1) is 16.9 Å². The summed E-state index contributed by atoms with van der Waals surface area (Å²) in [5.41, 5.74) is 4.08.